The molecule has 0 heterocycles. The highest BCUT2D eigenvalue weighted by Gasteiger charge is 2.18. The summed E-state index contributed by atoms with van der Waals surface area (Å²) >= 11 is 0. The molecule has 2 aromatic carbocycles. The van der Waals surface area contributed by atoms with Gasteiger partial charge in [0.1, 0.15) is 11.5 Å². The maximum atomic E-state index is 10.5. The summed E-state index contributed by atoms with van der Waals surface area (Å²) in [4.78, 5) is 2.33. The molecule has 23 heavy (non-hydrogen) atoms. The van der Waals surface area contributed by atoms with E-state index in [0.29, 0.717) is 0 Å². The van der Waals surface area contributed by atoms with Crippen molar-refractivity contribution in [2.24, 2.45) is 5.92 Å². The first-order valence-electron chi connectivity index (χ1n) is 8.37. The summed E-state index contributed by atoms with van der Waals surface area (Å²) in [5.41, 5.74) is 0.935. The van der Waals surface area contributed by atoms with E-state index >= 15 is 0 Å². The van der Waals surface area contributed by atoms with Gasteiger partial charge in [-0.1, -0.05) is 51.1 Å². The van der Waals surface area contributed by atoms with Crippen LogP contribution in [0, 0.1) is 5.92 Å². The molecule has 0 bridgehead atoms. The number of nitrogens with zero attached hydrogens (tertiary/aromatic N) is 1. The van der Waals surface area contributed by atoms with Gasteiger partial charge in [-0.3, -0.25) is 0 Å². The fraction of sp³-hybridized carbons (Fsp3) is 0.400. The Balaban J connectivity index is 1.98. The Hall–Kier alpha value is -1.84. The highest BCUT2D eigenvalue weighted by Crippen LogP contribution is 2.26. The van der Waals surface area contributed by atoms with Gasteiger partial charge in [0.25, 0.3) is 0 Å². The van der Waals surface area contributed by atoms with Gasteiger partial charge in [-0.05, 0) is 48.8 Å². The lowest BCUT2D eigenvalue weighted by Gasteiger charge is -2.26. The molecular weight excluding hydrogens is 286 g/mol. The Morgan fingerprint density at radius 1 is 0.913 bits per heavy atom. The maximum absolute atomic E-state index is 10.5. The molecule has 124 valence electrons. The molecule has 0 aliphatic rings. The minimum Gasteiger partial charge on any atom is -0.457 e. The van der Waals surface area contributed by atoms with Crippen molar-refractivity contribution in [1.29, 1.82) is 0 Å². The molecule has 0 aromatic heterocycles. The molecule has 3 heteroatoms. The average Bonchev–Trinajstić information content (AvgIpc) is 2.60. The summed E-state index contributed by atoms with van der Waals surface area (Å²) in [6.07, 6.45) is -0.457. The molecule has 0 saturated carbocycles. The molecule has 2 unspecified atom stereocenters. The van der Waals surface area contributed by atoms with Crippen LogP contribution in [-0.2, 0) is 0 Å². The third kappa shape index (κ3) is 5.08. The Labute approximate surface area is 139 Å². The lowest BCUT2D eigenvalue weighted by Crippen LogP contribution is -2.30. The minimum absolute atomic E-state index is 0.191. The number of ether oxygens (including phenoxy) is 1. The predicted octanol–water partition coefficient (Wildman–Crippen LogP) is 4.49. The summed E-state index contributed by atoms with van der Waals surface area (Å²) in [6.45, 7) is 9.32. The van der Waals surface area contributed by atoms with E-state index in [0.717, 1.165) is 36.7 Å². The van der Waals surface area contributed by atoms with Gasteiger partial charge in [0, 0.05) is 6.54 Å². The molecule has 0 spiro atoms. The Morgan fingerprint density at radius 3 is 2.04 bits per heavy atom. The molecule has 0 amide bonds. The number of hydrogen-bond acceptors (Lipinski definition) is 3. The van der Waals surface area contributed by atoms with Crippen molar-refractivity contribution in [3.8, 4) is 11.5 Å². The van der Waals surface area contributed by atoms with E-state index in [1.165, 1.54) is 0 Å². The topological polar surface area (TPSA) is 32.7 Å². The third-order valence-electron chi connectivity index (χ3n) is 4.18. The minimum atomic E-state index is -0.457. The Kier molecular flexibility index (Phi) is 6.63. The van der Waals surface area contributed by atoms with Gasteiger partial charge < -0.3 is 14.7 Å². The first-order chi connectivity index (χ1) is 11.1. The van der Waals surface area contributed by atoms with Gasteiger partial charge in [-0.15, -0.1) is 0 Å². The highest BCUT2D eigenvalue weighted by molar-refractivity contribution is 5.33. The van der Waals surface area contributed by atoms with Crippen LogP contribution < -0.4 is 4.74 Å². The van der Waals surface area contributed by atoms with Crippen LogP contribution in [0.1, 0.15) is 32.4 Å². The average molecular weight is 313 g/mol. The highest BCUT2D eigenvalue weighted by atomic mass is 16.5. The first-order valence-corrected chi connectivity index (χ1v) is 8.37. The second-order valence-electron chi connectivity index (χ2n) is 5.89. The molecule has 2 atom stereocenters. The van der Waals surface area contributed by atoms with Crippen molar-refractivity contribution in [2.75, 3.05) is 19.6 Å². The van der Waals surface area contributed by atoms with E-state index in [4.69, 9.17) is 4.74 Å². The van der Waals surface area contributed by atoms with Crippen LogP contribution >= 0.6 is 0 Å². The van der Waals surface area contributed by atoms with E-state index in [1.54, 1.807) is 0 Å². The second kappa shape index (κ2) is 8.70. The number of aliphatic hydroxyl groups is 1. The molecular formula is C20H27NO2. The Bertz CT molecular complexity index is 564. The molecule has 0 radical (unpaired) electrons. The van der Waals surface area contributed by atoms with Crippen molar-refractivity contribution in [3.05, 3.63) is 60.2 Å². The fourth-order valence-corrected chi connectivity index (χ4v) is 2.68. The lowest BCUT2D eigenvalue weighted by atomic mass is 9.97. The van der Waals surface area contributed by atoms with Crippen molar-refractivity contribution >= 4 is 0 Å². The molecule has 0 aliphatic carbocycles. The smallest absolute Gasteiger partial charge is 0.127 e. The van der Waals surface area contributed by atoms with Crippen LogP contribution in [-0.4, -0.2) is 29.6 Å². The second-order valence-corrected chi connectivity index (χ2v) is 5.89. The van der Waals surface area contributed by atoms with Crippen LogP contribution in [0.5, 0.6) is 11.5 Å². The van der Waals surface area contributed by atoms with Crippen LogP contribution in [0.25, 0.3) is 0 Å². The van der Waals surface area contributed by atoms with Crippen LogP contribution in [0.4, 0.5) is 0 Å². The van der Waals surface area contributed by atoms with Gasteiger partial charge in [0.15, 0.2) is 0 Å². The molecule has 0 saturated heterocycles. The monoisotopic (exact) mass is 313 g/mol. The maximum Gasteiger partial charge on any atom is 0.127 e. The molecule has 1 N–H and O–H groups in total. The number of hydrogen-bond donors (Lipinski definition) is 1. The van der Waals surface area contributed by atoms with Crippen molar-refractivity contribution in [3.63, 3.8) is 0 Å². The zero-order valence-corrected chi connectivity index (χ0v) is 14.3. The summed E-state index contributed by atoms with van der Waals surface area (Å²) < 4.78 is 5.78. The quantitative estimate of drug-likeness (QED) is 0.779. The van der Waals surface area contributed by atoms with Gasteiger partial charge >= 0.3 is 0 Å². The number of benzene rings is 2. The largest absolute Gasteiger partial charge is 0.457 e. The van der Waals surface area contributed by atoms with E-state index in [2.05, 4.69) is 25.7 Å². The number of aliphatic hydroxyl groups excluding tert-OH is 1. The lowest BCUT2D eigenvalue weighted by molar-refractivity contribution is 0.0910. The molecule has 2 rings (SSSR count). The summed E-state index contributed by atoms with van der Waals surface area (Å²) in [7, 11) is 0. The molecule has 0 aliphatic heterocycles. The Morgan fingerprint density at radius 2 is 1.48 bits per heavy atom. The molecule has 0 fully saturated rings. The van der Waals surface area contributed by atoms with Gasteiger partial charge in [0.2, 0.25) is 0 Å². The fourth-order valence-electron chi connectivity index (χ4n) is 2.68. The van der Waals surface area contributed by atoms with Crippen LogP contribution in [0.15, 0.2) is 54.6 Å². The van der Waals surface area contributed by atoms with Crippen LogP contribution in [0.2, 0.25) is 0 Å². The number of para-hydroxylation sites is 1. The van der Waals surface area contributed by atoms with Gasteiger partial charge in [-0.25, -0.2) is 0 Å². The number of rotatable bonds is 8. The van der Waals surface area contributed by atoms with Crippen molar-refractivity contribution in [1.82, 2.24) is 4.90 Å². The molecule has 3 nitrogen and oxygen atoms in total. The predicted molar refractivity (Wildman–Crippen MR) is 94.9 cm³/mol. The third-order valence-corrected chi connectivity index (χ3v) is 4.18. The zero-order chi connectivity index (χ0) is 16.7. The van der Waals surface area contributed by atoms with Crippen LogP contribution in [0.3, 0.4) is 0 Å². The summed E-state index contributed by atoms with van der Waals surface area (Å²) in [5, 5.41) is 10.5. The summed E-state index contributed by atoms with van der Waals surface area (Å²) in [5.74, 6) is 1.79. The SMILES string of the molecule is CCN(CC)CC(C)C(O)c1ccc(Oc2ccccc2)cc1. The first kappa shape index (κ1) is 17.5. The van der Waals surface area contributed by atoms with E-state index in [9.17, 15) is 5.11 Å². The van der Waals surface area contributed by atoms with E-state index < -0.39 is 6.10 Å². The van der Waals surface area contributed by atoms with E-state index in [-0.39, 0.29) is 5.92 Å². The summed E-state index contributed by atoms with van der Waals surface area (Å²) in [6, 6.07) is 17.4. The standard InChI is InChI=1S/C20H27NO2/c1-4-21(5-2)15-16(3)20(22)17-11-13-19(14-12-17)23-18-9-7-6-8-10-18/h6-14,16,20,22H,4-5,15H2,1-3H3. The van der Waals surface area contributed by atoms with Gasteiger partial charge in [-0.2, -0.15) is 0 Å². The van der Waals surface area contributed by atoms with Crippen molar-refractivity contribution in [2.45, 2.75) is 26.9 Å². The van der Waals surface area contributed by atoms with Crippen molar-refractivity contribution < 1.29 is 9.84 Å². The van der Waals surface area contributed by atoms with E-state index in [1.807, 2.05) is 54.6 Å². The normalized spacial score (nSPS) is 13.8. The molecule has 2 aromatic rings. The zero-order valence-electron chi connectivity index (χ0n) is 14.3. The van der Waals surface area contributed by atoms with Gasteiger partial charge in [0.05, 0.1) is 6.10 Å².